The number of carbonyl (C=O) groups is 1. The highest BCUT2D eigenvalue weighted by atomic mass is 35.5. The fourth-order valence-corrected chi connectivity index (χ4v) is 3.62. The van der Waals surface area contributed by atoms with Crippen LogP contribution < -0.4 is 5.32 Å². The van der Waals surface area contributed by atoms with Gasteiger partial charge in [0.05, 0.1) is 17.1 Å². The average molecular weight is 417 g/mol. The van der Waals surface area contributed by atoms with E-state index in [9.17, 15) is 4.79 Å². The summed E-state index contributed by atoms with van der Waals surface area (Å²) in [5.41, 5.74) is 2.24. The molecule has 1 fully saturated rings. The second kappa shape index (κ2) is 9.90. The number of benzene rings is 2. The van der Waals surface area contributed by atoms with Crippen LogP contribution in [-0.4, -0.2) is 48.4 Å². The van der Waals surface area contributed by atoms with E-state index in [4.69, 9.17) is 28.5 Å². The highest BCUT2D eigenvalue weighted by Gasteiger charge is 2.17. The first-order valence-corrected chi connectivity index (χ1v) is 9.98. The monoisotopic (exact) mass is 416 g/mol. The number of hydrogen-bond acceptors (Lipinski definition) is 4. The molecule has 1 amide bonds. The van der Waals surface area contributed by atoms with Gasteiger partial charge in [-0.3, -0.25) is 14.6 Å². The lowest BCUT2D eigenvalue weighted by Gasteiger charge is -2.21. The minimum atomic E-state index is -0.0769. The lowest BCUT2D eigenvalue weighted by molar-refractivity contribution is -0.117. The van der Waals surface area contributed by atoms with Crippen LogP contribution >= 0.6 is 23.2 Å². The zero-order valence-electron chi connectivity index (χ0n) is 15.5. The van der Waals surface area contributed by atoms with E-state index in [2.05, 4.69) is 27.2 Å². The highest BCUT2D eigenvalue weighted by Crippen LogP contribution is 2.20. The van der Waals surface area contributed by atoms with Crippen molar-refractivity contribution in [3.8, 4) is 6.07 Å². The van der Waals surface area contributed by atoms with Crippen molar-refractivity contribution in [2.45, 2.75) is 13.0 Å². The van der Waals surface area contributed by atoms with Crippen LogP contribution in [0.25, 0.3) is 0 Å². The van der Waals surface area contributed by atoms with Gasteiger partial charge >= 0.3 is 0 Å². The summed E-state index contributed by atoms with van der Waals surface area (Å²) < 4.78 is 0. The Bertz CT molecular complexity index is 864. The van der Waals surface area contributed by atoms with E-state index in [0.717, 1.165) is 44.2 Å². The van der Waals surface area contributed by atoms with Gasteiger partial charge in [0.2, 0.25) is 5.91 Å². The molecule has 28 heavy (non-hydrogen) atoms. The van der Waals surface area contributed by atoms with Gasteiger partial charge in [0.1, 0.15) is 6.07 Å². The van der Waals surface area contributed by atoms with Gasteiger partial charge in [0.25, 0.3) is 0 Å². The van der Waals surface area contributed by atoms with Gasteiger partial charge in [-0.2, -0.15) is 5.26 Å². The fourth-order valence-electron chi connectivity index (χ4n) is 3.28. The molecule has 1 saturated heterocycles. The van der Waals surface area contributed by atoms with Gasteiger partial charge < -0.3 is 5.32 Å². The summed E-state index contributed by atoms with van der Waals surface area (Å²) in [6, 6.07) is 14.9. The van der Waals surface area contributed by atoms with Crippen molar-refractivity contribution in [1.29, 1.82) is 5.26 Å². The minimum absolute atomic E-state index is 0.0769. The molecule has 146 valence electrons. The maximum Gasteiger partial charge on any atom is 0.238 e. The van der Waals surface area contributed by atoms with E-state index in [0.29, 0.717) is 22.8 Å². The summed E-state index contributed by atoms with van der Waals surface area (Å²) in [6.45, 7) is 4.88. The molecule has 1 heterocycles. The molecule has 0 aromatic heterocycles. The maximum atomic E-state index is 12.4. The van der Waals surface area contributed by atoms with Gasteiger partial charge in [0.15, 0.2) is 0 Å². The molecule has 1 N–H and O–H groups in total. The van der Waals surface area contributed by atoms with Crippen LogP contribution in [0.3, 0.4) is 0 Å². The zero-order valence-corrected chi connectivity index (χ0v) is 17.0. The Morgan fingerprint density at radius 3 is 2.46 bits per heavy atom. The topological polar surface area (TPSA) is 59.4 Å². The van der Waals surface area contributed by atoms with Crippen LogP contribution in [0.1, 0.15) is 17.5 Å². The van der Waals surface area contributed by atoms with Crippen molar-refractivity contribution in [3.63, 3.8) is 0 Å². The zero-order chi connectivity index (χ0) is 19.9. The molecule has 1 aliphatic heterocycles. The summed E-state index contributed by atoms with van der Waals surface area (Å²) >= 11 is 12.0. The third-order valence-corrected chi connectivity index (χ3v) is 5.31. The summed E-state index contributed by atoms with van der Waals surface area (Å²) in [5, 5.41) is 12.9. The normalized spacial score (nSPS) is 15.6. The molecule has 0 bridgehead atoms. The third-order valence-electron chi connectivity index (χ3n) is 4.74. The first kappa shape index (κ1) is 20.6. The Kier molecular flexibility index (Phi) is 7.30. The van der Waals surface area contributed by atoms with E-state index < -0.39 is 0 Å². The van der Waals surface area contributed by atoms with Crippen molar-refractivity contribution in [2.75, 3.05) is 38.0 Å². The molecule has 0 saturated carbocycles. The van der Waals surface area contributed by atoms with Gasteiger partial charge in [-0.25, -0.2) is 0 Å². The van der Waals surface area contributed by atoms with Gasteiger partial charge in [-0.1, -0.05) is 35.3 Å². The lowest BCUT2D eigenvalue weighted by atomic mass is 10.2. The number of carbonyl (C=O) groups excluding carboxylic acids is 1. The van der Waals surface area contributed by atoms with Crippen molar-refractivity contribution in [1.82, 2.24) is 9.80 Å². The maximum absolute atomic E-state index is 12.4. The average Bonchev–Trinajstić information content (AvgIpc) is 2.89. The van der Waals surface area contributed by atoms with Crippen LogP contribution in [0.5, 0.6) is 0 Å². The number of hydrogen-bond donors (Lipinski definition) is 1. The summed E-state index contributed by atoms with van der Waals surface area (Å²) in [6.07, 6.45) is 1.02. The van der Waals surface area contributed by atoms with E-state index in [1.807, 2.05) is 18.2 Å². The second-order valence-electron chi connectivity index (χ2n) is 6.89. The lowest BCUT2D eigenvalue weighted by Crippen LogP contribution is -2.36. The van der Waals surface area contributed by atoms with Gasteiger partial charge in [0, 0.05) is 30.3 Å². The van der Waals surface area contributed by atoms with E-state index >= 15 is 0 Å². The molecule has 1 aliphatic rings. The molecular weight excluding hydrogens is 395 g/mol. The molecule has 0 spiro atoms. The number of nitriles is 1. The van der Waals surface area contributed by atoms with Crippen molar-refractivity contribution in [3.05, 3.63) is 63.6 Å². The molecule has 2 aromatic carbocycles. The first-order valence-electron chi connectivity index (χ1n) is 9.22. The quantitative estimate of drug-likeness (QED) is 0.799. The Hall–Kier alpha value is -2.10. The fraction of sp³-hybridized carbons (Fsp3) is 0.333. The van der Waals surface area contributed by atoms with E-state index in [1.165, 1.54) is 5.56 Å². The molecular formula is C21H22Cl2N4O. The van der Waals surface area contributed by atoms with Crippen molar-refractivity contribution in [2.24, 2.45) is 0 Å². The van der Waals surface area contributed by atoms with Crippen LogP contribution in [0, 0.1) is 11.3 Å². The molecule has 5 nitrogen and oxygen atoms in total. The first-order chi connectivity index (χ1) is 13.5. The van der Waals surface area contributed by atoms with Gasteiger partial charge in [-0.05, 0) is 55.4 Å². The molecule has 7 heteroatoms. The molecule has 0 atom stereocenters. The molecule has 3 rings (SSSR count). The number of halogens is 2. The van der Waals surface area contributed by atoms with Crippen molar-refractivity contribution >= 4 is 34.8 Å². The molecule has 0 radical (unpaired) electrons. The minimum Gasteiger partial charge on any atom is -0.325 e. The Balaban J connectivity index is 1.48. The largest absolute Gasteiger partial charge is 0.325 e. The SMILES string of the molecule is N#Cc1ccc(NC(=O)CN2CCCN(Cc3ccc(Cl)cc3)CC2)cc1Cl. The summed E-state index contributed by atoms with van der Waals surface area (Å²) in [7, 11) is 0. The van der Waals surface area contributed by atoms with Crippen LogP contribution in [0.4, 0.5) is 5.69 Å². The molecule has 0 unspecified atom stereocenters. The van der Waals surface area contributed by atoms with Crippen LogP contribution in [0.2, 0.25) is 10.0 Å². The number of nitrogens with zero attached hydrogens (tertiary/aromatic N) is 3. The number of nitrogens with one attached hydrogen (secondary N) is 1. The Morgan fingerprint density at radius 1 is 1.04 bits per heavy atom. The molecule has 2 aromatic rings. The second-order valence-corrected chi connectivity index (χ2v) is 7.73. The van der Waals surface area contributed by atoms with E-state index in [1.54, 1.807) is 18.2 Å². The predicted octanol–water partition coefficient (Wildman–Crippen LogP) is 4.01. The van der Waals surface area contributed by atoms with Crippen molar-refractivity contribution < 1.29 is 4.79 Å². The third kappa shape index (κ3) is 5.95. The number of anilines is 1. The predicted molar refractivity (Wildman–Crippen MR) is 113 cm³/mol. The standard InChI is InChI=1S/C21H22Cl2N4O/c22-18-5-2-16(3-6-18)14-26-8-1-9-27(11-10-26)15-21(28)25-19-7-4-17(13-24)20(23)12-19/h2-7,12H,1,8-11,14-15H2,(H,25,28). The van der Waals surface area contributed by atoms with Crippen LogP contribution in [0.15, 0.2) is 42.5 Å². The molecule has 0 aliphatic carbocycles. The number of amides is 1. The summed E-state index contributed by atoms with van der Waals surface area (Å²) in [5.74, 6) is -0.0769. The Morgan fingerprint density at radius 2 is 1.75 bits per heavy atom. The Labute approximate surface area is 175 Å². The number of rotatable bonds is 5. The van der Waals surface area contributed by atoms with Crippen LogP contribution in [-0.2, 0) is 11.3 Å². The summed E-state index contributed by atoms with van der Waals surface area (Å²) in [4.78, 5) is 16.9. The van der Waals surface area contributed by atoms with E-state index in [-0.39, 0.29) is 5.91 Å². The smallest absolute Gasteiger partial charge is 0.238 e. The highest BCUT2D eigenvalue weighted by molar-refractivity contribution is 6.32. The van der Waals surface area contributed by atoms with Gasteiger partial charge in [-0.15, -0.1) is 0 Å².